The number of hydrogen-bond acceptors (Lipinski definition) is 2. The van der Waals surface area contributed by atoms with Gasteiger partial charge in [-0.25, -0.2) is 13.8 Å². The number of nitrogens with zero attached hydrogens (tertiary/aromatic N) is 1. The van der Waals surface area contributed by atoms with Crippen LogP contribution < -0.4 is 5.73 Å². The van der Waals surface area contributed by atoms with Crippen LogP contribution in [-0.2, 0) is 6.42 Å². The van der Waals surface area contributed by atoms with Crippen molar-refractivity contribution in [1.82, 2.24) is 4.98 Å². The number of rotatable bonds is 2. The van der Waals surface area contributed by atoms with E-state index in [1.54, 1.807) is 18.3 Å². The van der Waals surface area contributed by atoms with Gasteiger partial charge in [0.15, 0.2) is 11.6 Å². The van der Waals surface area contributed by atoms with Crippen LogP contribution in [-0.4, -0.2) is 4.98 Å². The summed E-state index contributed by atoms with van der Waals surface area (Å²) in [6, 6.07) is 7.34. The molecule has 4 heteroatoms. The highest BCUT2D eigenvalue weighted by Gasteiger charge is 2.03. The molecule has 82 valence electrons. The Morgan fingerprint density at radius 2 is 1.75 bits per heavy atom. The summed E-state index contributed by atoms with van der Waals surface area (Å²) in [5.74, 6) is -1.23. The van der Waals surface area contributed by atoms with Crippen LogP contribution >= 0.6 is 0 Å². The zero-order valence-electron chi connectivity index (χ0n) is 8.45. The SMILES string of the molecule is Nc1ccc(Cc2ccc(F)c(F)c2)cn1. The van der Waals surface area contributed by atoms with Crippen LogP contribution in [0.3, 0.4) is 0 Å². The van der Waals surface area contributed by atoms with E-state index in [0.717, 1.165) is 11.6 Å². The summed E-state index contributed by atoms with van der Waals surface area (Å²) in [6.07, 6.45) is 2.13. The molecule has 0 bridgehead atoms. The fourth-order valence-corrected chi connectivity index (χ4v) is 1.43. The average molecular weight is 220 g/mol. The van der Waals surface area contributed by atoms with Crippen LogP contribution in [0.2, 0.25) is 0 Å². The largest absolute Gasteiger partial charge is 0.384 e. The molecule has 1 aromatic carbocycles. The Hall–Kier alpha value is -1.97. The first-order valence-electron chi connectivity index (χ1n) is 4.79. The molecule has 0 spiro atoms. The van der Waals surface area contributed by atoms with Gasteiger partial charge in [0.2, 0.25) is 0 Å². The summed E-state index contributed by atoms with van der Waals surface area (Å²) in [5, 5.41) is 0. The lowest BCUT2D eigenvalue weighted by atomic mass is 10.1. The van der Waals surface area contributed by atoms with E-state index < -0.39 is 11.6 Å². The number of anilines is 1. The maximum absolute atomic E-state index is 12.9. The minimum atomic E-state index is -0.834. The van der Waals surface area contributed by atoms with Gasteiger partial charge in [-0.3, -0.25) is 0 Å². The second kappa shape index (κ2) is 4.26. The molecule has 0 saturated heterocycles. The predicted octanol–water partition coefficient (Wildman–Crippen LogP) is 2.53. The molecule has 2 nitrogen and oxygen atoms in total. The lowest BCUT2D eigenvalue weighted by Gasteiger charge is -2.02. The Kier molecular flexibility index (Phi) is 2.81. The highest BCUT2D eigenvalue weighted by Crippen LogP contribution is 2.13. The van der Waals surface area contributed by atoms with E-state index in [1.807, 2.05) is 6.07 Å². The van der Waals surface area contributed by atoms with E-state index >= 15 is 0 Å². The number of halogens is 2. The Balaban J connectivity index is 2.20. The van der Waals surface area contributed by atoms with Crippen molar-refractivity contribution in [2.45, 2.75) is 6.42 Å². The maximum atomic E-state index is 12.9. The molecule has 0 fully saturated rings. The highest BCUT2D eigenvalue weighted by molar-refractivity contribution is 5.32. The molecule has 0 amide bonds. The third kappa shape index (κ3) is 2.34. The molecular formula is C12H10F2N2. The van der Waals surface area contributed by atoms with Gasteiger partial charge in [0.1, 0.15) is 5.82 Å². The molecule has 0 atom stereocenters. The lowest BCUT2D eigenvalue weighted by molar-refractivity contribution is 0.507. The normalized spacial score (nSPS) is 10.4. The Morgan fingerprint density at radius 1 is 1.00 bits per heavy atom. The second-order valence-corrected chi connectivity index (χ2v) is 3.52. The van der Waals surface area contributed by atoms with Crippen molar-refractivity contribution in [3.05, 3.63) is 59.3 Å². The topological polar surface area (TPSA) is 38.9 Å². The zero-order valence-corrected chi connectivity index (χ0v) is 8.45. The molecule has 2 rings (SSSR count). The summed E-state index contributed by atoms with van der Waals surface area (Å²) >= 11 is 0. The molecule has 1 aromatic heterocycles. The number of nitrogen functional groups attached to an aromatic ring is 1. The van der Waals surface area contributed by atoms with Crippen LogP contribution in [0.5, 0.6) is 0 Å². The molecule has 2 N–H and O–H groups in total. The maximum Gasteiger partial charge on any atom is 0.159 e. The third-order valence-corrected chi connectivity index (χ3v) is 2.24. The fourth-order valence-electron chi connectivity index (χ4n) is 1.43. The summed E-state index contributed by atoms with van der Waals surface area (Å²) in [4.78, 5) is 3.93. The van der Waals surface area contributed by atoms with E-state index in [9.17, 15) is 8.78 Å². The molecule has 0 aliphatic heterocycles. The molecule has 2 aromatic rings. The average Bonchev–Trinajstić information content (AvgIpc) is 2.27. The van der Waals surface area contributed by atoms with Crippen molar-refractivity contribution in [2.75, 3.05) is 5.73 Å². The van der Waals surface area contributed by atoms with E-state index in [1.165, 1.54) is 6.07 Å². The summed E-state index contributed by atoms with van der Waals surface area (Å²) in [5.41, 5.74) is 7.05. The highest BCUT2D eigenvalue weighted by atomic mass is 19.2. The van der Waals surface area contributed by atoms with Gasteiger partial charge in [-0.15, -0.1) is 0 Å². The van der Waals surface area contributed by atoms with Crippen molar-refractivity contribution in [3.8, 4) is 0 Å². The van der Waals surface area contributed by atoms with Crippen LogP contribution in [0, 0.1) is 11.6 Å². The third-order valence-electron chi connectivity index (χ3n) is 2.24. The minimum Gasteiger partial charge on any atom is -0.384 e. The molecule has 0 unspecified atom stereocenters. The van der Waals surface area contributed by atoms with Crippen molar-refractivity contribution in [2.24, 2.45) is 0 Å². The van der Waals surface area contributed by atoms with E-state index in [2.05, 4.69) is 4.98 Å². The van der Waals surface area contributed by atoms with Gasteiger partial charge in [-0.1, -0.05) is 12.1 Å². The van der Waals surface area contributed by atoms with Gasteiger partial charge >= 0.3 is 0 Å². The Morgan fingerprint density at radius 3 is 2.38 bits per heavy atom. The van der Waals surface area contributed by atoms with Crippen molar-refractivity contribution >= 4 is 5.82 Å². The van der Waals surface area contributed by atoms with Crippen molar-refractivity contribution in [3.63, 3.8) is 0 Å². The van der Waals surface area contributed by atoms with E-state index in [4.69, 9.17) is 5.73 Å². The smallest absolute Gasteiger partial charge is 0.159 e. The van der Waals surface area contributed by atoms with Gasteiger partial charge in [0, 0.05) is 6.20 Å². The number of pyridine rings is 1. The van der Waals surface area contributed by atoms with Crippen molar-refractivity contribution in [1.29, 1.82) is 0 Å². The summed E-state index contributed by atoms with van der Waals surface area (Å²) in [6.45, 7) is 0. The molecule has 16 heavy (non-hydrogen) atoms. The Bertz CT molecular complexity index is 495. The monoisotopic (exact) mass is 220 g/mol. The summed E-state index contributed by atoms with van der Waals surface area (Å²) in [7, 11) is 0. The molecule has 0 saturated carbocycles. The van der Waals surface area contributed by atoms with Gasteiger partial charge in [-0.2, -0.15) is 0 Å². The van der Waals surface area contributed by atoms with Gasteiger partial charge < -0.3 is 5.73 Å². The summed E-state index contributed by atoms with van der Waals surface area (Å²) < 4.78 is 25.6. The molecule has 0 aliphatic carbocycles. The van der Waals surface area contributed by atoms with Gasteiger partial charge in [0.25, 0.3) is 0 Å². The molecule has 0 radical (unpaired) electrons. The number of nitrogens with two attached hydrogens (primary N) is 1. The zero-order chi connectivity index (χ0) is 11.5. The van der Waals surface area contributed by atoms with Crippen molar-refractivity contribution < 1.29 is 8.78 Å². The quantitative estimate of drug-likeness (QED) is 0.844. The van der Waals surface area contributed by atoms with E-state index in [-0.39, 0.29) is 0 Å². The predicted molar refractivity (Wildman–Crippen MR) is 57.8 cm³/mol. The standard InChI is InChI=1S/C12H10F2N2/c13-10-3-1-8(6-11(10)14)5-9-2-4-12(15)16-7-9/h1-4,6-7H,5H2,(H2,15,16). The first-order valence-corrected chi connectivity index (χ1v) is 4.79. The fraction of sp³-hybridized carbons (Fsp3) is 0.0833. The molecule has 1 heterocycles. The lowest BCUT2D eigenvalue weighted by Crippen LogP contribution is -1.94. The van der Waals surface area contributed by atoms with Crippen LogP contribution in [0.25, 0.3) is 0 Å². The Labute approximate surface area is 91.7 Å². The van der Waals surface area contributed by atoms with Gasteiger partial charge in [0.05, 0.1) is 0 Å². The second-order valence-electron chi connectivity index (χ2n) is 3.52. The first-order chi connectivity index (χ1) is 7.65. The van der Waals surface area contributed by atoms with Crippen LogP contribution in [0.1, 0.15) is 11.1 Å². The number of benzene rings is 1. The first kappa shape index (κ1) is 10.5. The van der Waals surface area contributed by atoms with Crippen LogP contribution in [0.4, 0.5) is 14.6 Å². The molecule has 0 aliphatic rings. The number of hydrogen-bond donors (Lipinski definition) is 1. The molecular weight excluding hydrogens is 210 g/mol. The van der Waals surface area contributed by atoms with E-state index in [0.29, 0.717) is 17.8 Å². The minimum absolute atomic E-state index is 0.439. The van der Waals surface area contributed by atoms with Gasteiger partial charge in [-0.05, 0) is 35.7 Å². The number of aromatic nitrogens is 1. The van der Waals surface area contributed by atoms with Crippen LogP contribution in [0.15, 0.2) is 36.5 Å².